The fourth-order valence-electron chi connectivity index (χ4n) is 7.33. The van der Waals surface area contributed by atoms with Crippen LogP contribution in [0.5, 0.6) is 0 Å². The summed E-state index contributed by atoms with van der Waals surface area (Å²) < 4.78 is 23.9. The minimum Gasteiger partial charge on any atom is -0.396 e. The summed E-state index contributed by atoms with van der Waals surface area (Å²) in [5, 5.41) is 66.2. The molecule has 10 nitrogen and oxygen atoms in total. The number of methoxy groups -OCH3 is 1. The highest BCUT2D eigenvalue weighted by Crippen LogP contribution is 2.55. The Labute approximate surface area is 249 Å². The van der Waals surface area contributed by atoms with Crippen LogP contribution in [-0.4, -0.2) is 112 Å². The van der Waals surface area contributed by atoms with Crippen molar-refractivity contribution in [2.24, 2.45) is 29.1 Å². The van der Waals surface area contributed by atoms with Gasteiger partial charge in [0, 0.05) is 31.0 Å². The molecule has 10 heteroatoms. The first-order valence-corrected chi connectivity index (χ1v) is 15.2. The number of rotatable bonds is 10. The van der Waals surface area contributed by atoms with Crippen LogP contribution in [0.15, 0.2) is 35.5 Å². The third kappa shape index (κ3) is 6.18. The van der Waals surface area contributed by atoms with Gasteiger partial charge in [-0.25, -0.2) is 0 Å². The quantitative estimate of drug-likeness (QED) is 0.204. The van der Waals surface area contributed by atoms with Gasteiger partial charge in [-0.15, -0.1) is 6.58 Å². The highest BCUT2D eigenvalue weighted by molar-refractivity contribution is 5.43. The van der Waals surface area contributed by atoms with Crippen molar-refractivity contribution in [1.82, 2.24) is 0 Å². The van der Waals surface area contributed by atoms with Gasteiger partial charge in [-0.1, -0.05) is 37.1 Å². The van der Waals surface area contributed by atoms with Gasteiger partial charge in [0.2, 0.25) is 0 Å². The molecule has 0 spiro atoms. The molecule has 13 unspecified atom stereocenters. The average molecular weight is 597 g/mol. The second-order valence-electron chi connectivity index (χ2n) is 13.5. The maximum absolute atomic E-state index is 12.0. The van der Waals surface area contributed by atoms with Crippen LogP contribution in [0.25, 0.3) is 0 Å². The van der Waals surface area contributed by atoms with E-state index in [0.29, 0.717) is 18.6 Å². The number of aliphatic hydroxyl groups excluding tert-OH is 6. The van der Waals surface area contributed by atoms with Crippen molar-refractivity contribution in [3.8, 4) is 0 Å². The molecule has 240 valence electrons. The van der Waals surface area contributed by atoms with Gasteiger partial charge in [0.15, 0.2) is 6.29 Å². The Morgan fingerprint density at radius 2 is 1.79 bits per heavy atom. The van der Waals surface area contributed by atoms with Crippen LogP contribution in [0.3, 0.4) is 0 Å². The van der Waals surface area contributed by atoms with E-state index in [0.717, 1.165) is 24.0 Å². The van der Waals surface area contributed by atoms with E-state index in [2.05, 4.69) is 12.7 Å². The molecule has 6 N–H and O–H groups in total. The molecule has 0 radical (unpaired) electrons. The van der Waals surface area contributed by atoms with E-state index < -0.39 is 60.0 Å². The summed E-state index contributed by atoms with van der Waals surface area (Å²) in [5.74, 6) is -0.378. The summed E-state index contributed by atoms with van der Waals surface area (Å²) >= 11 is 0. The first-order valence-electron chi connectivity index (χ1n) is 15.2. The lowest BCUT2D eigenvalue weighted by Crippen LogP contribution is -2.61. The minimum atomic E-state index is -1.61. The normalized spacial score (nSPS) is 43.3. The predicted octanol–water partition coefficient (Wildman–Crippen LogP) is 1.47. The van der Waals surface area contributed by atoms with Gasteiger partial charge < -0.3 is 49.6 Å². The number of hydrogen-bond acceptors (Lipinski definition) is 10. The Bertz CT molecular complexity index is 1020. The van der Waals surface area contributed by atoms with Gasteiger partial charge in [-0.3, -0.25) is 0 Å². The fourth-order valence-corrected chi connectivity index (χ4v) is 7.33. The third-order valence-corrected chi connectivity index (χ3v) is 10.3. The zero-order valence-electron chi connectivity index (χ0n) is 25.8. The van der Waals surface area contributed by atoms with Crippen LogP contribution in [0.2, 0.25) is 0 Å². The number of ether oxygens (including phenoxy) is 4. The smallest absolute Gasteiger partial charge is 0.187 e. The SMILES string of the molecule is C=CC(C)(C)OCC1OC(OC2C3=C(C(C)CO)CC(O)C3(C)C=C3C(COC)CCC3C(C)C2O)C(O)C(O)C1O. The van der Waals surface area contributed by atoms with Crippen molar-refractivity contribution < 1.29 is 49.6 Å². The van der Waals surface area contributed by atoms with Gasteiger partial charge in [0.25, 0.3) is 0 Å². The second-order valence-corrected chi connectivity index (χ2v) is 13.5. The maximum Gasteiger partial charge on any atom is 0.187 e. The molecule has 0 aromatic heterocycles. The monoisotopic (exact) mass is 596 g/mol. The van der Waals surface area contributed by atoms with Gasteiger partial charge in [0.1, 0.15) is 30.5 Å². The minimum absolute atomic E-state index is 0.0306. The molecule has 1 saturated carbocycles. The Kier molecular flexibility index (Phi) is 10.5. The molecule has 3 aliphatic carbocycles. The van der Waals surface area contributed by atoms with Crippen LogP contribution < -0.4 is 0 Å². The summed E-state index contributed by atoms with van der Waals surface area (Å²) in [4.78, 5) is 0. The van der Waals surface area contributed by atoms with E-state index in [-0.39, 0.29) is 36.9 Å². The van der Waals surface area contributed by atoms with Crippen LogP contribution in [0.1, 0.15) is 53.9 Å². The maximum atomic E-state index is 12.0. The fraction of sp³-hybridized carbons (Fsp3) is 0.812. The summed E-state index contributed by atoms with van der Waals surface area (Å²) in [6.07, 6.45) is -4.22. The molecular formula is C32H52O10. The Morgan fingerprint density at radius 1 is 1.10 bits per heavy atom. The topological polar surface area (TPSA) is 158 Å². The Hall–Kier alpha value is -1.18. The largest absolute Gasteiger partial charge is 0.396 e. The van der Waals surface area contributed by atoms with Crippen LogP contribution in [0, 0.1) is 29.1 Å². The molecule has 1 saturated heterocycles. The highest BCUT2D eigenvalue weighted by atomic mass is 16.7. The lowest BCUT2D eigenvalue weighted by molar-refractivity contribution is -0.319. The Morgan fingerprint density at radius 3 is 2.40 bits per heavy atom. The molecule has 1 heterocycles. The van der Waals surface area contributed by atoms with Crippen molar-refractivity contribution in [3.63, 3.8) is 0 Å². The molecule has 2 fully saturated rings. The third-order valence-electron chi connectivity index (χ3n) is 10.3. The van der Waals surface area contributed by atoms with E-state index in [1.807, 2.05) is 20.8 Å². The predicted molar refractivity (Wildman–Crippen MR) is 155 cm³/mol. The van der Waals surface area contributed by atoms with E-state index in [1.54, 1.807) is 27.0 Å². The number of hydrogen-bond donors (Lipinski definition) is 6. The second kappa shape index (κ2) is 13.0. The molecule has 13 atom stereocenters. The highest BCUT2D eigenvalue weighted by Gasteiger charge is 2.55. The average Bonchev–Trinajstić information content (AvgIpc) is 3.46. The summed E-state index contributed by atoms with van der Waals surface area (Å²) in [6.45, 7) is 13.4. The van der Waals surface area contributed by atoms with Gasteiger partial charge in [0.05, 0.1) is 31.0 Å². The lowest BCUT2D eigenvalue weighted by atomic mass is 9.68. The summed E-state index contributed by atoms with van der Waals surface area (Å²) in [7, 11) is 1.68. The lowest BCUT2D eigenvalue weighted by Gasteiger charge is -2.46. The van der Waals surface area contributed by atoms with Gasteiger partial charge in [-0.2, -0.15) is 0 Å². The Balaban J connectivity index is 1.76. The van der Waals surface area contributed by atoms with Crippen LogP contribution in [0.4, 0.5) is 0 Å². The molecule has 1 aliphatic heterocycles. The van der Waals surface area contributed by atoms with Gasteiger partial charge >= 0.3 is 0 Å². The summed E-state index contributed by atoms with van der Waals surface area (Å²) in [6, 6.07) is 0. The molecule has 0 aromatic carbocycles. The molecule has 0 bridgehead atoms. The standard InChI is InChI=1S/C32H52O10/c1-8-31(4,5)40-15-22-26(36)27(37)28(38)30(41-22)42-29-24-20(16(2)13-33)11-23(34)32(24,6)12-21-18(14-39-7)9-10-19(21)17(3)25(29)35/h8,12,16-19,22-23,25-30,33-38H,1,9-11,13-15H2,2-7H3. The molecule has 0 aromatic rings. The van der Waals surface area contributed by atoms with E-state index in [9.17, 15) is 30.6 Å². The van der Waals surface area contributed by atoms with Crippen LogP contribution >= 0.6 is 0 Å². The molecule has 4 rings (SSSR count). The molecule has 42 heavy (non-hydrogen) atoms. The van der Waals surface area contributed by atoms with Crippen molar-refractivity contribution >= 4 is 0 Å². The molecule has 4 aliphatic rings. The van der Waals surface area contributed by atoms with E-state index >= 15 is 0 Å². The van der Waals surface area contributed by atoms with Crippen molar-refractivity contribution in [3.05, 3.63) is 35.5 Å². The zero-order chi connectivity index (χ0) is 31.1. The number of fused-ring (bicyclic) bond motifs is 2. The number of aliphatic hydroxyl groups is 6. The van der Waals surface area contributed by atoms with E-state index in [4.69, 9.17) is 18.9 Å². The van der Waals surface area contributed by atoms with Crippen molar-refractivity contribution in [2.45, 2.75) is 108 Å². The summed E-state index contributed by atoms with van der Waals surface area (Å²) in [5.41, 5.74) is 0.955. The van der Waals surface area contributed by atoms with Crippen molar-refractivity contribution in [2.75, 3.05) is 26.9 Å². The zero-order valence-corrected chi connectivity index (χ0v) is 25.8. The molecule has 0 amide bonds. The van der Waals surface area contributed by atoms with Crippen LogP contribution in [-0.2, 0) is 18.9 Å². The van der Waals surface area contributed by atoms with Crippen molar-refractivity contribution in [1.29, 1.82) is 0 Å². The first-order chi connectivity index (χ1) is 19.7. The first kappa shape index (κ1) is 33.7. The van der Waals surface area contributed by atoms with Gasteiger partial charge in [-0.05, 0) is 57.4 Å². The van der Waals surface area contributed by atoms with E-state index in [1.165, 1.54) is 0 Å². The molecular weight excluding hydrogens is 544 g/mol.